The van der Waals surface area contributed by atoms with Crippen LogP contribution in [-0.4, -0.2) is 24.6 Å². The van der Waals surface area contributed by atoms with Crippen molar-refractivity contribution in [1.82, 2.24) is 0 Å². The molecule has 2 unspecified atom stereocenters. The number of carbonyl (C=O) groups excluding carboxylic acids is 2. The van der Waals surface area contributed by atoms with E-state index >= 15 is 0 Å². The van der Waals surface area contributed by atoms with E-state index < -0.39 is 12.1 Å². The van der Waals surface area contributed by atoms with Gasteiger partial charge in [0, 0.05) is 15.7 Å². The fourth-order valence-electron chi connectivity index (χ4n) is 4.18. The van der Waals surface area contributed by atoms with Gasteiger partial charge in [-0.2, -0.15) is 0 Å². The summed E-state index contributed by atoms with van der Waals surface area (Å²) in [5.41, 5.74) is 2.51. The first-order chi connectivity index (χ1) is 14.9. The van der Waals surface area contributed by atoms with Crippen molar-refractivity contribution in [2.24, 2.45) is 5.92 Å². The quantitative estimate of drug-likeness (QED) is 0.463. The van der Waals surface area contributed by atoms with Gasteiger partial charge in [0.05, 0.1) is 12.5 Å². The van der Waals surface area contributed by atoms with Crippen LogP contribution in [0.3, 0.4) is 0 Å². The highest BCUT2D eigenvalue weighted by atomic mass is 79.9. The summed E-state index contributed by atoms with van der Waals surface area (Å²) in [6.07, 6.45) is 3.73. The third-order valence-corrected chi connectivity index (χ3v) is 6.38. The third-order valence-electron chi connectivity index (χ3n) is 5.85. The lowest BCUT2D eigenvalue weighted by Crippen LogP contribution is -2.28. The lowest BCUT2D eigenvalue weighted by molar-refractivity contribution is -0.150. The van der Waals surface area contributed by atoms with E-state index in [2.05, 4.69) is 21.2 Å². The van der Waals surface area contributed by atoms with Crippen LogP contribution in [0.5, 0.6) is 5.75 Å². The zero-order valence-corrected chi connectivity index (χ0v) is 19.9. The van der Waals surface area contributed by atoms with E-state index in [1.165, 1.54) is 12.8 Å². The van der Waals surface area contributed by atoms with Gasteiger partial charge in [0.25, 0.3) is 0 Å². The minimum absolute atomic E-state index is 0.00656. The van der Waals surface area contributed by atoms with Gasteiger partial charge in [-0.15, -0.1) is 0 Å². The first-order valence-electron chi connectivity index (χ1n) is 10.9. The molecule has 0 bridgehead atoms. The molecule has 1 fully saturated rings. The minimum Gasteiger partial charge on any atom is -0.479 e. The molecule has 0 saturated heterocycles. The average Bonchev–Trinajstić information content (AvgIpc) is 3.27. The predicted octanol–water partition coefficient (Wildman–Crippen LogP) is 6.00. The van der Waals surface area contributed by atoms with Crippen LogP contribution in [0.2, 0.25) is 0 Å². The fraction of sp³-hybridized carbons (Fsp3) is 0.440. The lowest BCUT2D eigenvalue weighted by Gasteiger charge is -2.24. The van der Waals surface area contributed by atoms with Crippen molar-refractivity contribution in [2.75, 3.05) is 11.9 Å². The SMILES string of the molecule is CCOC(=O)C(C)Oc1cccc(NC(=O)C(c2ccc(Br)cc2)C2CCCC2)c1C. The first kappa shape index (κ1) is 23.3. The van der Waals surface area contributed by atoms with Crippen LogP contribution in [0.25, 0.3) is 0 Å². The number of carbonyl (C=O) groups is 2. The second-order valence-corrected chi connectivity index (χ2v) is 8.92. The van der Waals surface area contributed by atoms with Crippen molar-refractivity contribution in [1.29, 1.82) is 0 Å². The average molecular weight is 488 g/mol. The molecule has 1 aliphatic rings. The molecule has 6 heteroatoms. The van der Waals surface area contributed by atoms with Crippen molar-refractivity contribution >= 4 is 33.5 Å². The zero-order chi connectivity index (χ0) is 22.4. The molecule has 5 nitrogen and oxygen atoms in total. The topological polar surface area (TPSA) is 64.6 Å². The number of amides is 1. The highest BCUT2D eigenvalue weighted by Crippen LogP contribution is 2.39. The van der Waals surface area contributed by atoms with E-state index in [1.54, 1.807) is 19.9 Å². The van der Waals surface area contributed by atoms with Crippen LogP contribution in [0.15, 0.2) is 46.9 Å². The minimum atomic E-state index is -0.724. The largest absolute Gasteiger partial charge is 0.479 e. The Kier molecular flexibility index (Phi) is 8.13. The summed E-state index contributed by atoms with van der Waals surface area (Å²) < 4.78 is 11.8. The molecule has 1 saturated carbocycles. The monoisotopic (exact) mass is 487 g/mol. The Morgan fingerprint density at radius 1 is 1.13 bits per heavy atom. The van der Waals surface area contributed by atoms with Crippen molar-refractivity contribution in [3.05, 3.63) is 58.1 Å². The molecule has 0 aliphatic heterocycles. The molecular weight excluding hydrogens is 458 g/mol. The number of hydrogen-bond donors (Lipinski definition) is 1. The molecule has 2 aromatic carbocycles. The molecule has 1 aliphatic carbocycles. The molecule has 2 aromatic rings. The molecule has 0 heterocycles. The van der Waals surface area contributed by atoms with Crippen molar-refractivity contribution in [3.63, 3.8) is 0 Å². The van der Waals surface area contributed by atoms with Gasteiger partial charge in [-0.25, -0.2) is 4.79 Å². The van der Waals surface area contributed by atoms with Crippen molar-refractivity contribution in [2.45, 2.75) is 58.5 Å². The Hall–Kier alpha value is -2.34. The molecule has 1 amide bonds. The maximum atomic E-state index is 13.4. The van der Waals surface area contributed by atoms with Crippen LogP contribution >= 0.6 is 15.9 Å². The predicted molar refractivity (Wildman–Crippen MR) is 125 cm³/mol. The number of hydrogen-bond acceptors (Lipinski definition) is 4. The summed E-state index contributed by atoms with van der Waals surface area (Å²) >= 11 is 3.48. The number of benzene rings is 2. The number of ether oxygens (including phenoxy) is 2. The molecule has 0 aromatic heterocycles. The highest BCUT2D eigenvalue weighted by molar-refractivity contribution is 9.10. The zero-order valence-electron chi connectivity index (χ0n) is 18.3. The maximum Gasteiger partial charge on any atom is 0.347 e. The van der Waals surface area contributed by atoms with E-state index in [1.807, 2.05) is 43.3 Å². The molecule has 31 heavy (non-hydrogen) atoms. The van der Waals surface area contributed by atoms with Crippen LogP contribution in [0, 0.1) is 12.8 Å². The summed E-state index contributed by atoms with van der Waals surface area (Å²) in [6.45, 7) is 5.61. The normalized spacial score (nSPS) is 15.9. The van der Waals surface area contributed by atoms with Crippen LogP contribution in [-0.2, 0) is 14.3 Å². The Morgan fingerprint density at radius 3 is 2.45 bits per heavy atom. The first-order valence-corrected chi connectivity index (χ1v) is 11.7. The van der Waals surface area contributed by atoms with Gasteiger partial charge in [0.1, 0.15) is 5.75 Å². The van der Waals surface area contributed by atoms with E-state index in [0.29, 0.717) is 24.0 Å². The Labute approximate surface area is 192 Å². The fourth-order valence-corrected chi connectivity index (χ4v) is 4.45. The summed E-state index contributed by atoms with van der Waals surface area (Å²) in [6, 6.07) is 13.5. The second kappa shape index (κ2) is 10.8. The van der Waals surface area contributed by atoms with Gasteiger partial charge in [-0.05, 0) is 69.4 Å². The van der Waals surface area contributed by atoms with Crippen LogP contribution in [0.1, 0.15) is 56.6 Å². The Balaban J connectivity index is 1.80. The lowest BCUT2D eigenvalue weighted by atomic mass is 9.84. The van der Waals surface area contributed by atoms with Gasteiger partial charge >= 0.3 is 5.97 Å². The standard InChI is InChI=1S/C25H30BrNO4/c1-4-30-25(29)17(3)31-22-11-7-10-21(16(22)2)27-24(28)23(18-8-5-6-9-18)19-12-14-20(26)15-13-19/h7,10-15,17-18,23H,4-6,8-9H2,1-3H3,(H,27,28). The number of esters is 1. The Bertz CT molecular complexity index is 906. The molecule has 0 radical (unpaired) electrons. The molecule has 0 spiro atoms. The molecule has 166 valence electrons. The van der Waals surface area contributed by atoms with Crippen molar-refractivity contribution in [3.8, 4) is 5.75 Å². The van der Waals surface area contributed by atoms with Gasteiger partial charge < -0.3 is 14.8 Å². The van der Waals surface area contributed by atoms with Crippen LogP contribution in [0.4, 0.5) is 5.69 Å². The van der Waals surface area contributed by atoms with Gasteiger partial charge in [-0.3, -0.25) is 4.79 Å². The van der Waals surface area contributed by atoms with Gasteiger partial charge in [0.2, 0.25) is 5.91 Å². The highest BCUT2D eigenvalue weighted by Gasteiger charge is 2.32. The Morgan fingerprint density at radius 2 is 1.81 bits per heavy atom. The summed E-state index contributed by atoms with van der Waals surface area (Å²) in [7, 11) is 0. The molecule has 2 atom stereocenters. The summed E-state index contributed by atoms with van der Waals surface area (Å²) in [5.74, 6) is 0.281. The van der Waals surface area contributed by atoms with Gasteiger partial charge in [-0.1, -0.05) is 47.0 Å². The van der Waals surface area contributed by atoms with E-state index in [0.717, 1.165) is 28.4 Å². The number of halogens is 1. The maximum absolute atomic E-state index is 13.4. The van der Waals surface area contributed by atoms with E-state index in [4.69, 9.17) is 9.47 Å². The van der Waals surface area contributed by atoms with E-state index in [-0.39, 0.29) is 11.8 Å². The molecular formula is C25H30BrNO4. The van der Waals surface area contributed by atoms with Gasteiger partial charge in [0.15, 0.2) is 6.10 Å². The second-order valence-electron chi connectivity index (χ2n) is 8.00. The molecule has 3 rings (SSSR count). The van der Waals surface area contributed by atoms with Crippen LogP contribution < -0.4 is 10.1 Å². The number of nitrogens with one attached hydrogen (secondary N) is 1. The summed E-state index contributed by atoms with van der Waals surface area (Å²) in [4.78, 5) is 25.3. The molecule has 1 N–H and O–H groups in total. The number of anilines is 1. The third kappa shape index (κ3) is 5.88. The summed E-state index contributed by atoms with van der Waals surface area (Å²) in [5, 5.41) is 3.12. The van der Waals surface area contributed by atoms with Crippen molar-refractivity contribution < 1.29 is 19.1 Å². The van der Waals surface area contributed by atoms with E-state index in [9.17, 15) is 9.59 Å². The number of rotatable bonds is 8. The smallest absolute Gasteiger partial charge is 0.347 e.